The van der Waals surface area contributed by atoms with Gasteiger partial charge >= 0.3 is 0 Å². The maximum Gasteiger partial charge on any atom is 0.269 e. The molecule has 158 valence electrons. The zero-order valence-electron chi connectivity index (χ0n) is 17.3. The summed E-state index contributed by atoms with van der Waals surface area (Å²) >= 11 is 0. The number of benzene rings is 2. The molecule has 2 aromatic rings. The molecule has 2 aliphatic rings. The number of carbonyl (C=O) groups excluding carboxylic acids is 1. The van der Waals surface area contributed by atoms with Crippen LogP contribution in [0, 0.1) is 16.0 Å². The van der Waals surface area contributed by atoms with Crippen LogP contribution in [0.3, 0.4) is 0 Å². The molecule has 0 N–H and O–H groups in total. The van der Waals surface area contributed by atoms with Gasteiger partial charge in [0, 0.05) is 43.1 Å². The first-order valence-corrected chi connectivity index (χ1v) is 10.3. The number of hydrogen-bond donors (Lipinski definition) is 0. The molecule has 4 rings (SSSR count). The third-order valence-electron chi connectivity index (χ3n) is 6.42. The summed E-state index contributed by atoms with van der Waals surface area (Å²) < 4.78 is 11.1. The molecule has 0 aromatic heterocycles. The number of amides is 1. The minimum Gasteiger partial charge on any atom is -0.493 e. The summed E-state index contributed by atoms with van der Waals surface area (Å²) in [5.41, 5.74) is 3.49. The highest BCUT2D eigenvalue weighted by molar-refractivity contribution is 5.77. The van der Waals surface area contributed by atoms with Gasteiger partial charge in [-0.25, -0.2) is 0 Å². The Morgan fingerprint density at radius 3 is 2.57 bits per heavy atom. The van der Waals surface area contributed by atoms with E-state index >= 15 is 0 Å². The highest BCUT2D eigenvalue weighted by atomic mass is 16.6. The maximum atomic E-state index is 12.8. The van der Waals surface area contributed by atoms with Gasteiger partial charge in [0.2, 0.25) is 5.91 Å². The van der Waals surface area contributed by atoms with Gasteiger partial charge in [0.05, 0.1) is 19.1 Å². The standard InChI is InChI=1S/C23H26N2O5/c1-29-21-11-10-18-19(23(21)30-2)9-6-16-13-24(14-20(16)18)22(26)12-5-15-3-7-17(8-4-15)25(27)28/h3-4,7-8,10-11,16,20H,5-6,9,12-14H2,1-2H3. The fourth-order valence-electron chi connectivity index (χ4n) is 4.85. The van der Waals surface area contributed by atoms with Crippen LogP contribution in [-0.4, -0.2) is 43.0 Å². The van der Waals surface area contributed by atoms with E-state index in [0.29, 0.717) is 24.7 Å². The molecule has 0 bridgehead atoms. The van der Waals surface area contributed by atoms with Crippen LogP contribution in [0.15, 0.2) is 36.4 Å². The summed E-state index contributed by atoms with van der Waals surface area (Å²) in [7, 11) is 3.32. The molecule has 7 nitrogen and oxygen atoms in total. The van der Waals surface area contributed by atoms with Crippen molar-refractivity contribution in [3.05, 3.63) is 63.2 Å². The van der Waals surface area contributed by atoms with E-state index in [9.17, 15) is 14.9 Å². The SMILES string of the molecule is COc1ccc2c(c1OC)CCC1CN(C(=O)CCc3ccc([N+](=O)[O-])cc3)CC21. The predicted octanol–water partition coefficient (Wildman–Crippen LogP) is 3.73. The molecule has 1 fully saturated rings. The second-order valence-corrected chi connectivity index (χ2v) is 8.00. The van der Waals surface area contributed by atoms with E-state index < -0.39 is 4.92 Å². The van der Waals surface area contributed by atoms with Crippen LogP contribution < -0.4 is 9.47 Å². The number of nitro benzene ring substituents is 1. The van der Waals surface area contributed by atoms with E-state index in [4.69, 9.17) is 9.47 Å². The largest absolute Gasteiger partial charge is 0.493 e. The lowest BCUT2D eigenvalue weighted by atomic mass is 9.76. The van der Waals surface area contributed by atoms with Crippen molar-refractivity contribution in [3.63, 3.8) is 0 Å². The number of methoxy groups -OCH3 is 2. The Hall–Kier alpha value is -3.09. The van der Waals surface area contributed by atoms with E-state index in [-0.39, 0.29) is 11.6 Å². The fraction of sp³-hybridized carbons (Fsp3) is 0.435. The highest BCUT2D eigenvalue weighted by Crippen LogP contribution is 2.47. The van der Waals surface area contributed by atoms with Crippen molar-refractivity contribution >= 4 is 11.6 Å². The van der Waals surface area contributed by atoms with Crippen molar-refractivity contribution in [2.45, 2.75) is 31.6 Å². The number of fused-ring (bicyclic) bond motifs is 3. The normalized spacial score (nSPS) is 19.7. The lowest BCUT2D eigenvalue weighted by molar-refractivity contribution is -0.384. The van der Waals surface area contributed by atoms with Gasteiger partial charge in [-0.05, 0) is 42.4 Å². The number of likely N-dealkylation sites (tertiary alicyclic amines) is 1. The number of nitro groups is 1. The maximum absolute atomic E-state index is 12.8. The number of nitrogens with zero attached hydrogens (tertiary/aromatic N) is 2. The van der Waals surface area contributed by atoms with Crippen LogP contribution in [0.5, 0.6) is 11.5 Å². The van der Waals surface area contributed by atoms with E-state index in [0.717, 1.165) is 43.0 Å². The topological polar surface area (TPSA) is 81.9 Å². The van der Waals surface area contributed by atoms with Gasteiger partial charge in [-0.15, -0.1) is 0 Å². The number of non-ortho nitro benzene ring substituents is 1. The van der Waals surface area contributed by atoms with Gasteiger partial charge in [-0.3, -0.25) is 14.9 Å². The average Bonchev–Trinajstić information content (AvgIpc) is 3.21. The second-order valence-electron chi connectivity index (χ2n) is 8.00. The summed E-state index contributed by atoms with van der Waals surface area (Å²) in [5, 5.41) is 10.8. The molecular formula is C23H26N2O5. The van der Waals surface area contributed by atoms with E-state index in [1.54, 1.807) is 26.4 Å². The molecule has 0 radical (unpaired) electrons. The summed E-state index contributed by atoms with van der Waals surface area (Å²) in [5.74, 6) is 2.51. The van der Waals surface area contributed by atoms with Gasteiger partial charge in [-0.2, -0.15) is 0 Å². The molecule has 1 saturated heterocycles. The van der Waals surface area contributed by atoms with E-state index in [2.05, 4.69) is 6.07 Å². The van der Waals surface area contributed by atoms with Gasteiger partial charge < -0.3 is 14.4 Å². The van der Waals surface area contributed by atoms with E-state index in [1.807, 2.05) is 11.0 Å². The first kappa shape index (κ1) is 20.2. The molecule has 7 heteroatoms. The molecule has 1 aliphatic heterocycles. The van der Waals surface area contributed by atoms with Gasteiger partial charge in [0.1, 0.15) is 0 Å². The number of carbonyl (C=O) groups is 1. The van der Waals surface area contributed by atoms with Crippen molar-refractivity contribution in [2.24, 2.45) is 5.92 Å². The lowest BCUT2D eigenvalue weighted by Gasteiger charge is -2.29. The third-order valence-corrected chi connectivity index (χ3v) is 6.42. The Balaban J connectivity index is 1.42. The third kappa shape index (κ3) is 3.72. The lowest BCUT2D eigenvalue weighted by Crippen LogP contribution is -2.29. The van der Waals surface area contributed by atoms with Crippen LogP contribution in [-0.2, 0) is 17.6 Å². The molecule has 0 saturated carbocycles. The van der Waals surface area contributed by atoms with Gasteiger partial charge in [-0.1, -0.05) is 18.2 Å². The van der Waals surface area contributed by atoms with Crippen LogP contribution in [0.4, 0.5) is 5.69 Å². The zero-order valence-corrected chi connectivity index (χ0v) is 17.3. The number of ether oxygens (including phenoxy) is 2. The van der Waals surface area contributed by atoms with Gasteiger partial charge in [0.15, 0.2) is 11.5 Å². The first-order chi connectivity index (χ1) is 14.5. The summed E-state index contributed by atoms with van der Waals surface area (Å²) in [4.78, 5) is 25.2. The predicted molar refractivity (Wildman–Crippen MR) is 112 cm³/mol. The van der Waals surface area contributed by atoms with Crippen molar-refractivity contribution in [3.8, 4) is 11.5 Å². The van der Waals surface area contributed by atoms with E-state index in [1.165, 1.54) is 23.3 Å². The Morgan fingerprint density at radius 2 is 1.90 bits per heavy atom. The molecule has 2 unspecified atom stereocenters. The van der Waals surface area contributed by atoms with Gasteiger partial charge in [0.25, 0.3) is 5.69 Å². The molecule has 1 heterocycles. The second kappa shape index (κ2) is 8.34. The zero-order chi connectivity index (χ0) is 21.3. The Bertz CT molecular complexity index is 957. The molecule has 30 heavy (non-hydrogen) atoms. The number of aryl methyl sites for hydroxylation is 1. The summed E-state index contributed by atoms with van der Waals surface area (Å²) in [6.45, 7) is 1.52. The number of hydrogen-bond acceptors (Lipinski definition) is 5. The van der Waals surface area contributed by atoms with Crippen molar-refractivity contribution < 1.29 is 19.2 Å². The molecule has 1 aliphatic carbocycles. The Labute approximate surface area is 175 Å². The molecular weight excluding hydrogens is 384 g/mol. The van der Waals surface area contributed by atoms with Crippen molar-refractivity contribution in [1.29, 1.82) is 0 Å². The van der Waals surface area contributed by atoms with Crippen LogP contribution in [0.1, 0.15) is 35.4 Å². The Kier molecular flexibility index (Phi) is 5.61. The molecule has 1 amide bonds. The van der Waals surface area contributed by atoms with Crippen LogP contribution in [0.2, 0.25) is 0 Å². The molecule has 2 aromatic carbocycles. The first-order valence-electron chi connectivity index (χ1n) is 10.3. The molecule has 2 atom stereocenters. The smallest absolute Gasteiger partial charge is 0.269 e. The monoisotopic (exact) mass is 410 g/mol. The van der Waals surface area contributed by atoms with Crippen LogP contribution in [0.25, 0.3) is 0 Å². The fourth-order valence-corrected chi connectivity index (χ4v) is 4.85. The van der Waals surface area contributed by atoms with Crippen molar-refractivity contribution in [2.75, 3.05) is 27.3 Å². The molecule has 0 spiro atoms. The highest BCUT2D eigenvalue weighted by Gasteiger charge is 2.40. The Morgan fingerprint density at radius 1 is 1.13 bits per heavy atom. The number of rotatable bonds is 6. The summed E-state index contributed by atoms with van der Waals surface area (Å²) in [6, 6.07) is 10.5. The minimum atomic E-state index is -0.413. The minimum absolute atomic E-state index is 0.0689. The van der Waals surface area contributed by atoms with Crippen molar-refractivity contribution in [1.82, 2.24) is 4.90 Å². The average molecular weight is 410 g/mol. The van der Waals surface area contributed by atoms with Crippen LogP contribution >= 0.6 is 0 Å². The quantitative estimate of drug-likeness (QED) is 0.535. The summed E-state index contributed by atoms with van der Waals surface area (Å²) in [6.07, 6.45) is 2.97.